The fourth-order valence-corrected chi connectivity index (χ4v) is 0.355. The second kappa shape index (κ2) is 3.95. The molecule has 0 bridgehead atoms. The molecule has 0 aliphatic heterocycles. The first-order chi connectivity index (χ1) is 4.20. The van der Waals surface area contributed by atoms with Crippen molar-refractivity contribution in [2.45, 2.75) is 0 Å². The highest BCUT2D eigenvalue weighted by atomic mass is 16.5. The van der Waals surface area contributed by atoms with Crippen molar-refractivity contribution in [1.29, 1.82) is 5.41 Å². The molecule has 0 saturated heterocycles. The molecule has 0 aromatic rings. The molecule has 0 heterocycles. The number of ether oxygens (including phenoxy) is 1. The average Bonchev–Trinajstić information content (AvgIpc) is 1.87. The summed E-state index contributed by atoms with van der Waals surface area (Å²) >= 11 is 0. The maximum absolute atomic E-state index is 6.79. The first-order valence-electron chi connectivity index (χ1n) is 2.62. The van der Waals surface area contributed by atoms with Gasteiger partial charge in [-0.25, -0.2) is 0 Å². The van der Waals surface area contributed by atoms with Crippen LogP contribution in [0, 0.1) is 5.41 Å². The minimum absolute atomic E-state index is 0.580. The fraction of sp³-hybridized carbons (Fsp3) is 0.167. The van der Waals surface area contributed by atoms with Gasteiger partial charge >= 0.3 is 0 Å². The number of rotatable bonds is 3. The van der Waals surface area contributed by atoms with E-state index in [9.17, 15) is 0 Å². The predicted octanol–water partition coefficient (Wildman–Crippen LogP) is 0.313. The summed E-state index contributed by atoms with van der Waals surface area (Å²) in [6.45, 7) is 3.56. The summed E-state index contributed by atoms with van der Waals surface area (Å²) < 4.78 is 4.75. The molecule has 0 saturated carbocycles. The summed E-state index contributed by atoms with van der Waals surface area (Å²) in [4.78, 5) is 0. The molecule has 0 amide bonds. The minimum Gasteiger partial charge on any atom is -0.497 e. The van der Waals surface area contributed by atoms with Crippen LogP contribution in [0.25, 0.3) is 0 Å². The lowest BCUT2D eigenvalue weighted by molar-refractivity contribution is 0.309. The maximum Gasteiger partial charge on any atom is 0.141 e. The molecule has 2 nitrogen and oxygen atoms in total. The van der Waals surface area contributed by atoms with Crippen LogP contribution in [0.3, 0.4) is 0 Å². The summed E-state index contributed by atoms with van der Waals surface area (Å²) in [6, 6.07) is 0. The molecule has 0 unspecified atom stereocenters. The van der Waals surface area contributed by atoms with E-state index >= 15 is 0 Å². The lowest BCUT2D eigenvalue weighted by Gasteiger charge is -1.95. The van der Waals surface area contributed by atoms with Crippen LogP contribution in [-0.2, 0) is 4.74 Å². The Morgan fingerprint density at radius 3 is 2.67 bits per heavy atom. The van der Waals surface area contributed by atoms with Crippen LogP contribution in [-0.4, -0.2) is 21.2 Å². The third kappa shape index (κ3) is 3.59. The molecular formula is C6H10BNO. The monoisotopic (exact) mass is 123 g/mol. The Labute approximate surface area is 56.1 Å². The number of hydrogen-bond donors (Lipinski definition) is 1. The number of methoxy groups -OCH3 is 1. The Hall–Kier alpha value is -0.985. The molecule has 0 aliphatic carbocycles. The van der Waals surface area contributed by atoms with Crippen molar-refractivity contribution in [3.8, 4) is 0 Å². The summed E-state index contributed by atoms with van der Waals surface area (Å²) in [5.41, 5.74) is 0.835. The molecule has 0 rings (SSSR count). The summed E-state index contributed by atoms with van der Waals surface area (Å²) in [5, 5.41) is 6.79. The van der Waals surface area contributed by atoms with Crippen molar-refractivity contribution in [1.82, 2.24) is 0 Å². The van der Waals surface area contributed by atoms with Crippen molar-refractivity contribution in [3.05, 3.63) is 23.9 Å². The van der Waals surface area contributed by atoms with E-state index in [1.807, 2.05) is 7.85 Å². The Morgan fingerprint density at radius 1 is 1.78 bits per heavy atom. The van der Waals surface area contributed by atoms with Gasteiger partial charge in [-0.3, -0.25) is 0 Å². The third-order valence-corrected chi connectivity index (χ3v) is 0.879. The van der Waals surface area contributed by atoms with Crippen molar-refractivity contribution in [2.75, 3.05) is 7.11 Å². The smallest absolute Gasteiger partial charge is 0.141 e. The Balaban J connectivity index is 3.94. The lowest BCUT2D eigenvalue weighted by atomic mass is 9.96. The van der Waals surface area contributed by atoms with Crippen LogP contribution in [0.2, 0.25) is 0 Å². The van der Waals surface area contributed by atoms with Crippen LogP contribution in [0.4, 0.5) is 0 Å². The second-order valence-electron chi connectivity index (χ2n) is 1.70. The Bertz CT molecular complexity index is 151. The largest absolute Gasteiger partial charge is 0.497 e. The van der Waals surface area contributed by atoms with Crippen molar-refractivity contribution in [3.63, 3.8) is 0 Å². The zero-order valence-corrected chi connectivity index (χ0v) is 5.77. The van der Waals surface area contributed by atoms with Gasteiger partial charge in [-0.15, -0.1) is 0 Å². The molecule has 0 spiro atoms. The van der Waals surface area contributed by atoms with Crippen LogP contribution in [0.15, 0.2) is 23.9 Å². The molecule has 0 aromatic carbocycles. The topological polar surface area (TPSA) is 33.1 Å². The average molecular weight is 123 g/mol. The number of nitrogens with one attached hydrogen (secondary N) is 1. The van der Waals surface area contributed by atoms with E-state index in [1.54, 1.807) is 13.2 Å². The van der Waals surface area contributed by atoms with Crippen molar-refractivity contribution in [2.24, 2.45) is 0 Å². The normalized spacial score (nSPS) is 10.6. The third-order valence-electron chi connectivity index (χ3n) is 0.879. The molecule has 0 fully saturated rings. The van der Waals surface area contributed by atoms with Gasteiger partial charge in [-0.2, -0.15) is 0 Å². The van der Waals surface area contributed by atoms with Gasteiger partial charge < -0.3 is 10.1 Å². The zero-order chi connectivity index (χ0) is 7.28. The lowest BCUT2D eigenvalue weighted by Crippen LogP contribution is -1.85. The molecule has 48 valence electrons. The van der Waals surface area contributed by atoms with Crippen molar-refractivity contribution >= 4 is 14.1 Å². The molecule has 0 atom stereocenters. The minimum atomic E-state index is 0.580. The standard InChI is InChI=1S/C6H10BNO/c1-5(9-2)3-6(7)4-8/h3-4,8H,1,7H2,2H3/b6-3+,8-4?. The van der Waals surface area contributed by atoms with Crippen LogP contribution in [0.1, 0.15) is 0 Å². The highest BCUT2D eigenvalue weighted by molar-refractivity contribution is 6.32. The highest BCUT2D eigenvalue weighted by Crippen LogP contribution is 1.94. The van der Waals surface area contributed by atoms with E-state index in [0.717, 1.165) is 5.47 Å². The molecule has 0 aromatic heterocycles. The Morgan fingerprint density at radius 2 is 2.33 bits per heavy atom. The highest BCUT2D eigenvalue weighted by Gasteiger charge is 1.84. The molecule has 3 heteroatoms. The summed E-state index contributed by atoms with van der Waals surface area (Å²) in [6.07, 6.45) is 2.96. The maximum atomic E-state index is 6.79. The van der Waals surface area contributed by atoms with Gasteiger partial charge in [0.1, 0.15) is 13.6 Å². The molecular weight excluding hydrogens is 113 g/mol. The first kappa shape index (κ1) is 8.01. The van der Waals surface area contributed by atoms with Crippen LogP contribution in [0.5, 0.6) is 0 Å². The van der Waals surface area contributed by atoms with E-state index in [-0.39, 0.29) is 0 Å². The van der Waals surface area contributed by atoms with Crippen LogP contribution < -0.4 is 0 Å². The quantitative estimate of drug-likeness (QED) is 0.249. The summed E-state index contributed by atoms with van der Waals surface area (Å²) in [5.74, 6) is 0.580. The molecule has 0 radical (unpaired) electrons. The van der Waals surface area contributed by atoms with Gasteiger partial charge in [0.15, 0.2) is 0 Å². The van der Waals surface area contributed by atoms with E-state index in [1.165, 1.54) is 6.21 Å². The van der Waals surface area contributed by atoms with Gasteiger partial charge in [0.25, 0.3) is 0 Å². The van der Waals surface area contributed by atoms with E-state index < -0.39 is 0 Å². The SMILES string of the molecule is B/C(C=N)=C/C(=C)OC. The Kier molecular flexibility index (Phi) is 3.52. The fourth-order valence-electron chi connectivity index (χ4n) is 0.355. The molecule has 1 N–H and O–H groups in total. The predicted molar refractivity (Wildman–Crippen MR) is 41.6 cm³/mol. The van der Waals surface area contributed by atoms with Crippen molar-refractivity contribution < 1.29 is 4.74 Å². The van der Waals surface area contributed by atoms with Gasteiger partial charge in [0.2, 0.25) is 0 Å². The summed E-state index contributed by atoms with van der Waals surface area (Å²) in [7, 11) is 3.37. The molecule has 9 heavy (non-hydrogen) atoms. The number of allylic oxidation sites excluding steroid dienone is 2. The van der Waals surface area contributed by atoms with E-state index in [2.05, 4.69) is 6.58 Å². The molecule has 0 aliphatic rings. The van der Waals surface area contributed by atoms with Gasteiger partial charge in [-0.1, -0.05) is 12.1 Å². The van der Waals surface area contributed by atoms with Gasteiger partial charge in [0, 0.05) is 6.21 Å². The van der Waals surface area contributed by atoms with Crippen LogP contribution >= 0.6 is 0 Å². The zero-order valence-electron chi connectivity index (χ0n) is 5.77. The second-order valence-corrected chi connectivity index (χ2v) is 1.70. The number of hydrogen-bond acceptors (Lipinski definition) is 2. The van der Waals surface area contributed by atoms with Gasteiger partial charge in [0.05, 0.1) is 7.11 Å². The van der Waals surface area contributed by atoms with E-state index in [0.29, 0.717) is 5.76 Å². The first-order valence-corrected chi connectivity index (χ1v) is 2.62. The van der Waals surface area contributed by atoms with E-state index in [4.69, 9.17) is 10.1 Å². The van der Waals surface area contributed by atoms with Gasteiger partial charge in [-0.05, 0) is 6.08 Å².